The molecule has 5 aromatic carbocycles. The van der Waals surface area contributed by atoms with E-state index in [4.69, 9.17) is 4.98 Å². The molecule has 0 N–H and O–H groups in total. The number of unbranched alkanes of at least 4 members (excludes halogenated alkanes) is 3. The highest BCUT2D eigenvalue weighted by Crippen LogP contribution is 2.33. The lowest BCUT2D eigenvalue weighted by Gasteiger charge is -2.30. The Labute approximate surface area is 252 Å². The fourth-order valence-electron chi connectivity index (χ4n) is 5.89. The van der Waals surface area contributed by atoms with Crippen molar-refractivity contribution in [2.24, 2.45) is 0 Å². The Kier molecular flexibility index (Phi) is 8.10. The second-order valence-corrected chi connectivity index (χ2v) is 12.8. The van der Waals surface area contributed by atoms with Gasteiger partial charge >= 0.3 is 0 Å². The van der Waals surface area contributed by atoms with Crippen molar-refractivity contribution in [1.29, 1.82) is 0 Å². The highest BCUT2D eigenvalue weighted by Gasteiger charge is 2.34. The molecule has 0 saturated carbocycles. The van der Waals surface area contributed by atoms with E-state index < -0.39 is 16.1 Å². The van der Waals surface area contributed by atoms with E-state index in [1.165, 1.54) is 0 Å². The minimum Gasteiger partial charge on any atom is -0.268 e. The first-order chi connectivity index (χ1) is 20.9. The zero-order valence-electron chi connectivity index (χ0n) is 24.5. The second kappa shape index (κ2) is 12.1. The molecule has 0 bridgehead atoms. The van der Waals surface area contributed by atoms with Gasteiger partial charge in [-0.2, -0.15) is 4.31 Å². The Morgan fingerprint density at radius 1 is 0.744 bits per heavy atom. The van der Waals surface area contributed by atoms with Gasteiger partial charge in [0, 0.05) is 11.9 Å². The Balaban J connectivity index is 1.56. The molecular weight excluding hydrogens is 554 g/mol. The molecule has 6 aromatic rings. The van der Waals surface area contributed by atoms with Crippen LogP contribution >= 0.6 is 0 Å². The quantitative estimate of drug-likeness (QED) is 0.152. The fraction of sp³-hybridized carbons (Fsp3) is 0.222. The monoisotopic (exact) mass is 589 g/mol. The van der Waals surface area contributed by atoms with Gasteiger partial charge in [0.25, 0.3) is 5.56 Å². The van der Waals surface area contributed by atoms with Crippen LogP contribution in [0.2, 0.25) is 0 Å². The lowest BCUT2D eigenvalue weighted by Crippen LogP contribution is -2.38. The average Bonchev–Trinajstić information content (AvgIpc) is 3.04. The van der Waals surface area contributed by atoms with Gasteiger partial charge in [-0.3, -0.25) is 9.36 Å². The van der Waals surface area contributed by atoms with Crippen LogP contribution in [0, 0.1) is 0 Å². The van der Waals surface area contributed by atoms with Gasteiger partial charge in [0.2, 0.25) is 10.0 Å². The lowest BCUT2D eigenvalue weighted by atomic mass is 10.1. The SMILES string of the molecule is CCCCCCN(C(C)c1nc2ccccc2c(=O)n1-c1ccc2ccccc2c1)S(=O)(=O)c1cccc2ccccc12. The molecular formula is C36H35N3O3S. The molecule has 1 heterocycles. The van der Waals surface area contributed by atoms with Gasteiger partial charge in [0.1, 0.15) is 5.82 Å². The number of benzene rings is 5. The third kappa shape index (κ3) is 5.46. The fourth-order valence-corrected chi connectivity index (χ4v) is 7.73. The summed E-state index contributed by atoms with van der Waals surface area (Å²) in [7, 11) is -3.98. The van der Waals surface area contributed by atoms with E-state index in [-0.39, 0.29) is 10.5 Å². The Morgan fingerprint density at radius 2 is 1.42 bits per heavy atom. The topological polar surface area (TPSA) is 72.3 Å². The average molecular weight is 590 g/mol. The predicted molar refractivity (Wildman–Crippen MR) is 175 cm³/mol. The molecule has 0 saturated heterocycles. The van der Waals surface area contributed by atoms with Crippen molar-refractivity contribution in [2.45, 2.75) is 50.5 Å². The van der Waals surface area contributed by atoms with Crippen molar-refractivity contribution in [3.05, 3.63) is 125 Å². The molecule has 0 aliphatic heterocycles. The zero-order valence-corrected chi connectivity index (χ0v) is 25.3. The number of fused-ring (bicyclic) bond motifs is 3. The number of hydrogen-bond donors (Lipinski definition) is 0. The zero-order chi connectivity index (χ0) is 30.0. The summed E-state index contributed by atoms with van der Waals surface area (Å²) in [6.45, 7) is 4.29. The predicted octanol–water partition coefficient (Wildman–Crippen LogP) is 8.02. The van der Waals surface area contributed by atoms with Crippen molar-refractivity contribution in [3.8, 4) is 5.69 Å². The number of hydrogen-bond acceptors (Lipinski definition) is 4. The Bertz CT molecular complexity index is 2100. The van der Waals surface area contributed by atoms with Crippen molar-refractivity contribution in [2.75, 3.05) is 6.54 Å². The summed E-state index contributed by atoms with van der Waals surface area (Å²) in [6, 6.07) is 33.3. The standard InChI is InChI=1S/C36H35N3O3S/c1-3-4-5-12-24-38(43(41,42)34-21-13-17-28-15-8-9-18-31(28)34)26(2)35-37-33-20-11-10-19-32(33)36(40)39(35)30-23-22-27-14-6-7-16-29(27)25-30/h6-11,13-23,25-26H,3-5,12,24H2,1-2H3. The number of rotatable bonds is 10. The van der Waals surface area contributed by atoms with Gasteiger partial charge in [0.15, 0.2) is 0 Å². The van der Waals surface area contributed by atoms with Gasteiger partial charge in [-0.05, 0) is 59.8 Å². The summed E-state index contributed by atoms with van der Waals surface area (Å²) in [6.07, 6.45) is 3.68. The normalized spacial score (nSPS) is 12.8. The summed E-state index contributed by atoms with van der Waals surface area (Å²) < 4.78 is 32.3. The van der Waals surface area contributed by atoms with Gasteiger partial charge in [-0.1, -0.05) is 105 Å². The third-order valence-corrected chi connectivity index (χ3v) is 10.2. The Morgan fingerprint density at radius 3 is 2.21 bits per heavy atom. The molecule has 0 amide bonds. The number of sulfonamides is 1. The molecule has 0 aliphatic rings. The van der Waals surface area contributed by atoms with Crippen molar-refractivity contribution in [3.63, 3.8) is 0 Å². The minimum atomic E-state index is -3.98. The molecule has 0 fully saturated rings. The summed E-state index contributed by atoms with van der Waals surface area (Å²) in [5.41, 5.74) is 0.966. The Hall–Kier alpha value is -4.33. The smallest absolute Gasteiger partial charge is 0.266 e. The maximum absolute atomic E-state index is 14.6. The first kappa shape index (κ1) is 28.8. The van der Waals surface area contributed by atoms with Gasteiger partial charge in [-0.15, -0.1) is 0 Å². The van der Waals surface area contributed by atoms with Crippen molar-refractivity contribution >= 4 is 42.5 Å². The van der Waals surface area contributed by atoms with E-state index in [1.807, 2.05) is 97.9 Å². The largest absolute Gasteiger partial charge is 0.268 e. The number of para-hydroxylation sites is 1. The van der Waals surface area contributed by atoms with E-state index in [0.717, 1.165) is 35.4 Å². The molecule has 43 heavy (non-hydrogen) atoms. The van der Waals surface area contributed by atoms with Crippen LogP contribution in [-0.4, -0.2) is 28.8 Å². The lowest BCUT2D eigenvalue weighted by molar-refractivity contribution is 0.319. The van der Waals surface area contributed by atoms with E-state index >= 15 is 0 Å². The molecule has 0 spiro atoms. The highest BCUT2D eigenvalue weighted by molar-refractivity contribution is 7.89. The minimum absolute atomic E-state index is 0.226. The van der Waals surface area contributed by atoms with Crippen molar-refractivity contribution < 1.29 is 8.42 Å². The molecule has 218 valence electrons. The van der Waals surface area contributed by atoms with Crippen LogP contribution in [0.4, 0.5) is 0 Å². The maximum atomic E-state index is 14.6. The van der Waals surface area contributed by atoms with E-state index in [0.29, 0.717) is 40.8 Å². The molecule has 0 aliphatic carbocycles. The molecule has 1 aromatic heterocycles. The van der Waals surface area contributed by atoms with Crippen molar-refractivity contribution in [1.82, 2.24) is 13.9 Å². The molecule has 6 nitrogen and oxygen atoms in total. The van der Waals surface area contributed by atoms with E-state index in [2.05, 4.69) is 6.92 Å². The number of aromatic nitrogens is 2. The third-order valence-electron chi connectivity index (χ3n) is 8.17. The van der Waals surface area contributed by atoms with Gasteiger partial charge in [-0.25, -0.2) is 13.4 Å². The van der Waals surface area contributed by atoms with Crippen LogP contribution in [0.25, 0.3) is 38.1 Å². The summed E-state index contributed by atoms with van der Waals surface area (Å²) in [5, 5.41) is 4.06. The highest BCUT2D eigenvalue weighted by atomic mass is 32.2. The summed E-state index contributed by atoms with van der Waals surface area (Å²) in [5.74, 6) is 0.387. The van der Waals surface area contributed by atoms with E-state index in [1.54, 1.807) is 27.1 Å². The number of nitrogens with zero attached hydrogens (tertiary/aromatic N) is 3. The van der Waals surface area contributed by atoms with Crippen LogP contribution in [0.3, 0.4) is 0 Å². The molecule has 6 rings (SSSR count). The van der Waals surface area contributed by atoms with Crippen LogP contribution in [-0.2, 0) is 10.0 Å². The van der Waals surface area contributed by atoms with Crippen LogP contribution in [0.5, 0.6) is 0 Å². The molecule has 7 heteroatoms. The molecule has 0 radical (unpaired) electrons. The first-order valence-corrected chi connectivity index (χ1v) is 16.3. The van der Waals surface area contributed by atoms with Crippen LogP contribution < -0.4 is 5.56 Å². The molecule has 1 unspecified atom stereocenters. The second-order valence-electron chi connectivity index (χ2n) is 11.0. The first-order valence-electron chi connectivity index (χ1n) is 14.9. The molecule has 1 atom stereocenters. The van der Waals surface area contributed by atoms with Crippen LogP contribution in [0.1, 0.15) is 51.4 Å². The van der Waals surface area contributed by atoms with E-state index in [9.17, 15) is 13.2 Å². The maximum Gasteiger partial charge on any atom is 0.266 e. The van der Waals surface area contributed by atoms with Crippen LogP contribution in [0.15, 0.2) is 119 Å². The van der Waals surface area contributed by atoms with Gasteiger partial charge in [0.05, 0.1) is 27.5 Å². The summed E-state index contributed by atoms with van der Waals surface area (Å²) in [4.78, 5) is 19.4. The van der Waals surface area contributed by atoms with Gasteiger partial charge < -0.3 is 0 Å². The summed E-state index contributed by atoms with van der Waals surface area (Å²) >= 11 is 0.